The highest BCUT2D eigenvalue weighted by Crippen LogP contribution is 2.50. The van der Waals surface area contributed by atoms with E-state index in [9.17, 15) is 0 Å². The van der Waals surface area contributed by atoms with E-state index in [2.05, 4.69) is 80.3 Å². The van der Waals surface area contributed by atoms with E-state index < -0.39 is 8.07 Å². The van der Waals surface area contributed by atoms with Crippen molar-refractivity contribution in [3.63, 3.8) is 0 Å². The fourth-order valence-electron chi connectivity index (χ4n) is 4.59. The molecule has 0 saturated carbocycles. The minimum Gasteiger partial charge on any atom is -0.497 e. The molecule has 128 valence electrons. The summed E-state index contributed by atoms with van der Waals surface area (Å²) in [7, 11) is 0.198. The van der Waals surface area contributed by atoms with Crippen molar-refractivity contribution in [2.24, 2.45) is 0 Å². The monoisotopic (exact) mass is 354 g/mol. The second-order valence-corrected chi connectivity index (χ2v) is 13.2. The molecule has 0 spiro atoms. The van der Waals surface area contributed by atoms with Crippen LogP contribution in [0.1, 0.15) is 0 Å². The van der Waals surface area contributed by atoms with Crippen molar-refractivity contribution in [3.05, 3.63) is 60.7 Å². The molecule has 1 aliphatic rings. The van der Waals surface area contributed by atoms with Crippen molar-refractivity contribution in [2.45, 2.75) is 19.6 Å². The summed E-state index contributed by atoms with van der Waals surface area (Å²) < 4.78 is 5.80. The zero-order chi connectivity index (χ0) is 18.1. The minimum atomic E-state index is -1.60. The van der Waals surface area contributed by atoms with Gasteiger partial charge in [-0.2, -0.15) is 0 Å². The zero-order valence-corrected chi connectivity index (χ0v) is 16.7. The van der Waals surface area contributed by atoms with Gasteiger partial charge < -0.3 is 4.74 Å². The molecule has 0 bridgehead atoms. The van der Waals surface area contributed by atoms with Gasteiger partial charge in [-0.15, -0.1) is 0 Å². The van der Waals surface area contributed by atoms with Gasteiger partial charge in [-0.05, 0) is 61.1 Å². The summed E-state index contributed by atoms with van der Waals surface area (Å²) in [6, 6.07) is 22.3. The maximum atomic E-state index is 5.80. The lowest BCUT2D eigenvalue weighted by Gasteiger charge is -2.24. The molecule has 5 rings (SSSR count). The first-order valence-electron chi connectivity index (χ1n) is 9.17. The molecule has 0 fully saturated rings. The van der Waals surface area contributed by atoms with Crippen molar-refractivity contribution in [1.29, 1.82) is 0 Å². The molecule has 0 heterocycles. The highest BCUT2D eigenvalue weighted by atomic mass is 28.3. The Bertz CT molecular complexity index is 1200. The Morgan fingerprint density at radius 3 is 2.27 bits per heavy atom. The summed E-state index contributed by atoms with van der Waals surface area (Å²) in [4.78, 5) is 0. The minimum absolute atomic E-state index is 1.04. The third-order valence-electron chi connectivity index (χ3n) is 5.58. The van der Waals surface area contributed by atoms with Crippen LogP contribution < -0.4 is 9.92 Å². The van der Waals surface area contributed by atoms with Crippen LogP contribution in [-0.4, -0.2) is 15.2 Å². The highest BCUT2D eigenvalue weighted by Gasteiger charge is 2.32. The van der Waals surface area contributed by atoms with Crippen LogP contribution in [0.5, 0.6) is 5.75 Å². The number of ether oxygens (including phenoxy) is 1. The number of rotatable bonds is 2. The molecule has 2 heteroatoms. The van der Waals surface area contributed by atoms with Crippen LogP contribution in [0.3, 0.4) is 0 Å². The van der Waals surface area contributed by atoms with Crippen molar-refractivity contribution >= 4 is 34.8 Å². The Morgan fingerprint density at radius 1 is 0.731 bits per heavy atom. The Labute approximate surface area is 155 Å². The number of hydrogen-bond donors (Lipinski definition) is 0. The lowest BCUT2D eigenvalue weighted by molar-refractivity contribution is 0.418. The van der Waals surface area contributed by atoms with Crippen LogP contribution in [0.15, 0.2) is 60.7 Å². The molecule has 0 atom stereocenters. The predicted octanol–water partition coefficient (Wildman–Crippen LogP) is 6.19. The average molecular weight is 355 g/mol. The van der Waals surface area contributed by atoms with E-state index in [-0.39, 0.29) is 0 Å². The second kappa shape index (κ2) is 5.21. The summed E-state index contributed by atoms with van der Waals surface area (Å²) in [6.07, 6.45) is 0. The summed E-state index contributed by atoms with van der Waals surface area (Å²) in [5.41, 5.74) is 5.50. The van der Waals surface area contributed by atoms with Crippen molar-refractivity contribution < 1.29 is 4.74 Å². The third kappa shape index (κ3) is 1.96. The summed E-state index contributed by atoms with van der Waals surface area (Å²) >= 11 is 0. The third-order valence-corrected chi connectivity index (χ3v) is 7.58. The average Bonchev–Trinajstić information content (AvgIpc) is 2.95. The van der Waals surface area contributed by atoms with Gasteiger partial charge in [0.2, 0.25) is 0 Å². The van der Waals surface area contributed by atoms with Gasteiger partial charge in [0.25, 0.3) is 0 Å². The van der Waals surface area contributed by atoms with Crippen LogP contribution in [0, 0.1) is 0 Å². The summed E-state index contributed by atoms with van der Waals surface area (Å²) in [5, 5.41) is 6.83. The molecule has 0 aliphatic heterocycles. The predicted molar refractivity (Wildman–Crippen MR) is 115 cm³/mol. The lowest BCUT2D eigenvalue weighted by Crippen LogP contribution is -2.40. The largest absolute Gasteiger partial charge is 0.497 e. The van der Waals surface area contributed by atoms with Crippen molar-refractivity contribution in [2.75, 3.05) is 7.11 Å². The standard InChI is InChI=1S/C24H22OSi/c1-25-21-13-12-18-20-14-15-8-5-6-9-16(15)17-10-7-11-19(22(17)20)23(18)24(21)26(2,3)4/h5-14H,1-4H3. The van der Waals surface area contributed by atoms with Gasteiger partial charge in [0.05, 0.1) is 15.2 Å². The van der Waals surface area contributed by atoms with E-state index in [1.165, 1.54) is 49.0 Å². The molecule has 1 nitrogen and oxygen atoms in total. The van der Waals surface area contributed by atoms with Gasteiger partial charge >= 0.3 is 0 Å². The van der Waals surface area contributed by atoms with Gasteiger partial charge in [0, 0.05) is 0 Å². The van der Waals surface area contributed by atoms with E-state index in [1.54, 1.807) is 7.11 Å². The Kier molecular flexibility index (Phi) is 3.14. The molecule has 0 unspecified atom stereocenters. The van der Waals surface area contributed by atoms with Gasteiger partial charge in [-0.1, -0.05) is 68.2 Å². The van der Waals surface area contributed by atoms with Crippen molar-refractivity contribution in [1.82, 2.24) is 0 Å². The van der Waals surface area contributed by atoms with Crippen LogP contribution in [0.4, 0.5) is 0 Å². The smallest absolute Gasteiger partial charge is 0.118 e. The number of fused-ring (bicyclic) bond motifs is 5. The first kappa shape index (κ1) is 15.7. The molecular weight excluding hydrogens is 332 g/mol. The molecule has 1 aliphatic carbocycles. The molecule has 0 aromatic heterocycles. The fraction of sp³-hybridized carbons (Fsp3) is 0.167. The topological polar surface area (TPSA) is 9.23 Å². The first-order chi connectivity index (χ1) is 12.5. The van der Waals surface area contributed by atoms with Crippen LogP contribution in [0.2, 0.25) is 19.6 Å². The van der Waals surface area contributed by atoms with Crippen LogP contribution in [-0.2, 0) is 0 Å². The quantitative estimate of drug-likeness (QED) is 0.271. The first-order valence-corrected chi connectivity index (χ1v) is 12.7. The maximum Gasteiger partial charge on any atom is 0.118 e. The molecule has 0 amide bonds. The van der Waals surface area contributed by atoms with E-state index in [4.69, 9.17) is 4.74 Å². The van der Waals surface area contributed by atoms with E-state index in [0.29, 0.717) is 0 Å². The normalized spacial score (nSPS) is 12.6. The molecule has 0 N–H and O–H groups in total. The molecule has 0 saturated heterocycles. The molecule has 26 heavy (non-hydrogen) atoms. The van der Waals surface area contributed by atoms with Crippen LogP contribution in [0.25, 0.3) is 43.8 Å². The van der Waals surface area contributed by atoms with Gasteiger partial charge in [-0.3, -0.25) is 0 Å². The molecular formula is C24H22OSi. The van der Waals surface area contributed by atoms with Gasteiger partial charge in [-0.25, -0.2) is 0 Å². The second-order valence-electron chi connectivity index (χ2n) is 8.19. The molecule has 4 aromatic carbocycles. The highest BCUT2D eigenvalue weighted by molar-refractivity contribution is 6.90. The Morgan fingerprint density at radius 2 is 1.50 bits per heavy atom. The van der Waals surface area contributed by atoms with Crippen molar-refractivity contribution in [3.8, 4) is 28.0 Å². The Hall–Kier alpha value is -2.58. The van der Waals surface area contributed by atoms with E-state index in [0.717, 1.165) is 5.75 Å². The zero-order valence-electron chi connectivity index (χ0n) is 15.7. The van der Waals surface area contributed by atoms with Gasteiger partial charge in [0.15, 0.2) is 0 Å². The summed E-state index contributed by atoms with van der Waals surface area (Å²) in [6.45, 7) is 7.22. The number of benzene rings is 4. The maximum absolute atomic E-state index is 5.80. The van der Waals surface area contributed by atoms with E-state index in [1.807, 2.05) is 0 Å². The Balaban J connectivity index is 2.01. The van der Waals surface area contributed by atoms with Crippen LogP contribution >= 0.6 is 0 Å². The number of hydrogen-bond acceptors (Lipinski definition) is 1. The number of methoxy groups -OCH3 is 1. The van der Waals surface area contributed by atoms with Gasteiger partial charge in [0.1, 0.15) is 5.75 Å². The molecule has 0 radical (unpaired) electrons. The van der Waals surface area contributed by atoms with E-state index >= 15 is 0 Å². The molecule has 4 aromatic rings. The SMILES string of the molecule is COc1ccc2c(c1[Si](C)(C)C)-c1cccc3c1c-2cc1ccccc13. The fourth-order valence-corrected chi connectivity index (χ4v) is 6.53. The summed E-state index contributed by atoms with van der Waals surface area (Å²) in [5.74, 6) is 1.04. The lowest BCUT2D eigenvalue weighted by atomic mass is 9.97.